The first-order valence-corrected chi connectivity index (χ1v) is 21.4. The van der Waals surface area contributed by atoms with Gasteiger partial charge in [0.2, 0.25) is 0 Å². The maximum atomic E-state index is 5.24. The lowest BCUT2D eigenvalue weighted by Gasteiger charge is -2.33. The van der Waals surface area contributed by atoms with Crippen molar-refractivity contribution in [2.45, 2.75) is 6.54 Å². The Morgan fingerprint density at radius 2 is 0.889 bits per heavy atom. The van der Waals surface area contributed by atoms with Crippen molar-refractivity contribution in [2.24, 2.45) is 0 Å². The molecule has 0 fully saturated rings. The van der Waals surface area contributed by atoms with Gasteiger partial charge < -0.3 is 9.47 Å². The summed E-state index contributed by atoms with van der Waals surface area (Å²) < 4.78 is 2.42. The van der Waals surface area contributed by atoms with Gasteiger partial charge in [0.25, 0.3) is 0 Å². The number of benzene rings is 9. The maximum absolute atomic E-state index is 5.24. The number of aromatic nitrogens is 4. The number of anilines is 2. The van der Waals surface area contributed by atoms with Crippen molar-refractivity contribution in [1.82, 2.24) is 19.5 Å². The lowest BCUT2D eigenvalue weighted by molar-refractivity contribution is 0.962. The van der Waals surface area contributed by atoms with Crippen LogP contribution in [0.5, 0.6) is 0 Å². The second kappa shape index (κ2) is 15.2. The minimum Gasteiger partial charge on any atom is -0.336 e. The van der Waals surface area contributed by atoms with Crippen molar-refractivity contribution in [3.8, 4) is 73.2 Å². The Balaban J connectivity index is 1.05. The van der Waals surface area contributed by atoms with E-state index >= 15 is 0 Å². The Labute approximate surface area is 365 Å². The molecule has 0 aliphatic carbocycles. The molecule has 11 aromatic rings. The van der Waals surface area contributed by atoms with Gasteiger partial charge in [0, 0.05) is 56.5 Å². The summed E-state index contributed by atoms with van der Waals surface area (Å²) in [4.78, 5) is 18.0. The topological polar surface area (TPSA) is 46.8 Å². The first-order chi connectivity index (χ1) is 31.2. The number of hydrogen-bond acceptors (Lipinski definition) is 4. The van der Waals surface area contributed by atoms with E-state index in [-0.39, 0.29) is 0 Å². The molecule has 12 rings (SSSR count). The molecule has 0 atom stereocenters. The van der Waals surface area contributed by atoms with Crippen molar-refractivity contribution in [2.75, 3.05) is 4.90 Å². The summed E-state index contributed by atoms with van der Waals surface area (Å²) in [6.07, 6.45) is 0. The normalized spacial score (nSPS) is 12.0. The minimum absolute atomic E-state index is 0.608. The number of fused-ring (bicyclic) bond motifs is 6. The van der Waals surface area contributed by atoms with Crippen molar-refractivity contribution in [3.05, 3.63) is 230 Å². The highest BCUT2D eigenvalue weighted by molar-refractivity contribution is 6.11. The van der Waals surface area contributed by atoms with Crippen LogP contribution in [-0.4, -0.2) is 19.5 Å². The van der Waals surface area contributed by atoms with Crippen molar-refractivity contribution in [3.63, 3.8) is 0 Å². The minimum atomic E-state index is 0.608. The maximum Gasteiger partial charge on any atom is 0.164 e. The Hall–Kier alpha value is -8.41. The molecule has 3 heterocycles. The third-order valence-corrected chi connectivity index (χ3v) is 12.3. The van der Waals surface area contributed by atoms with E-state index in [4.69, 9.17) is 15.0 Å². The second-order valence-electron chi connectivity index (χ2n) is 16.0. The zero-order chi connectivity index (χ0) is 41.7. The van der Waals surface area contributed by atoms with Crippen LogP contribution < -0.4 is 4.90 Å². The summed E-state index contributed by atoms with van der Waals surface area (Å²) in [6, 6.07) is 79.6. The summed E-state index contributed by atoms with van der Waals surface area (Å²) in [6.45, 7) is 0.799. The summed E-state index contributed by atoms with van der Waals surface area (Å²) in [5, 5.41) is 2.38. The van der Waals surface area contributed by atoms with Crippen molar-refractivity contribution < 1.29 is 0 Å². The third kappa shape index (κ3) is 6.46. The molecule has 0 saturated heterocycles. The van der Waals surface area contributed by atoms with Crippen LogP contribution in [-0.2, 0) is 6.54 Å². The number of nitrogens with zero attached hydrogens (tertiary/aromatic N) is 5. The summed E-state index contributed by atoms with van der Waals surface area (Å²) in [7, 11) is 0. The molecular weight excluding hydrogens is 767 g/mol. The van der Waals surface area contributed by atoms with E-state index in [2.05, 4.69) is 210 Å². The predicted molar refractivity (Wildman–Crippen MR) is 259 cm³/mol. The van der Waals surface area contributed by atoms with Gasteiger partial charge in [0.15, 0.2) is 17.5 Å². The summed E-state index contributed by atoms with van der Waals surface area (Å²) in [5.74, 6) is 1.86. The van der Waals surface area contributed by atoms with E-state index in [0.717, 1.165) is 67.9 Å². The van der Waals surface area contributed by atoms with Crippen LogP contribution in [0.1, 0.15) is 5.56 Å². The average molecular weight is 806 g/mol. The molecule has 0 saturated carbocycles. The van der Waals surface area contributed by atoms with Crippen LogP contribution in [0.4, 0.5) is 11.4 Å². The molecule has 0 unspecified atom stereocenters. The highest BCUT2D eigenvalue weighted by Gasteiger charge is 2.25. The van der Waals surface area contributed by atoms with Gasteiger partial charge in [-0.15, -0.1) is 0 Å². The Morgan fingerprint density at radius 3 is 1.67 bits per heavy atom. The van der Waals surface area contributed by atoms with E-state index in [1.54, 1.807) is 0 Å². The Bertz CT molecular complexity index is 3490. The highest BCUT2D eigenvalue weighted by atomic mass is 15.1. The summed E-state index contributed by atoms with van der Waals surface area (Å²) >= 11 is 0. The molecule has 63 heavy (non-hydrogen) atoms. The first-order valence-electron chi connectivity index (χ1n) is 21.4. The fourth-order valence-electron chi connectivity index (χ4n) is 9.27. The second-order valence-corrected chi connectivity index (χ2v) is 16.0. The lowest BCUT2D eigenvalue weighted by Crippen LogP contribution is -2.21. The van der Waals surface area contributed by atoms with Crippen molar-refractivity contribution in [1.29, 1.82) is 0 Å². The van der Waals surface area contributed by atoms with E-state index in [0.29, 0.717) is 17.5 Å². The van der Waals surface area contributed by atoms with Gasteiger partial charge in [0.1, 0.15) is 0 Å². The van der Waals surface area contributed by atoms with Gasteiger partial charge in [-0.2, -0.15) is 0 Å². The SMILES string of the molecule is c1ccc(-c2cccc(-c3nc(-c4ccccc4)nc(-c4ccc(-c5ccccc5)c(-n5c6ccccc6c6cc(N7Cc8ccccc8-c8ccccc87)ccc65)c4)n3)c2)cc1. The Morgan fingerprint density at radius 1 is 0.317 bits per heavy atom. The monoisotopic (exact) mass is 805 g/mol. The largest absolute Gasteiger partial charge is 0.336 e. The predicted octanol–water partition coefficient (Wildman–Crippen LogP) is 14.6. The Kier molecular flexibility index (Phi) is 8.82. The number of rotatable bonds is 7. The molecule has 0 spiro atoms. The average Bonchev–Trinajstić information content (AvgIpc) is 3.70. The van der Waals surface area contributed by atoms with E-state index < -0.39 is 0 Å². The summed E-state index contributed by atoms with van der Waals surface area (Å²) in [5.41, 5.74) is 16.8. The molecular formula is C58H39N5. The van der Waals surface area contributed by atoms with Crippen molar-refractivity contribution >= 4 is 33.2 Å². The van der Waals surface area contributed by atoms with Gasteiger partial charge in [-0.05, 0) is 70.3 Å². The smallest absolute Gasteiger partial charge is 0.164 e. The molecule has 0 N–H and O–H groups in total. The van der Waals surface area contributed by atoms with Crippen LogP contribution in [0.2, 0.25) is 0 Å². The van der Waals surface area contributed by atoms with Crippen LogP contribution in [0, 0.1) is 0 Å². The van der Waals surface area contributed by atoms with Crippen LogP contribution in [0.25, 0.3) is 95.0 Å². The molecule has 2 aromatic heterocycles. The molecule has 0 amide bonds. The van der Waals surface area contributed by atoms with Crippen LogP contribution in [0.15, 0.2) is 224 Å². The quantitative estimate of drug-likeness (QED) is 0.161. The molecule has 0 bridgehead atoms. The van der Waals surface area contributed by atoms with Crippen LogP contribution in [0.3, 0.4) is 0 Å². The third-order valence-electron chi connectivity index (χ3n) is 12.3. The number of para-hydroxylation sites is 2. The highest BCUT2D eigenvalue weighted by Crippen LogP contribution is 2.45. The lowest BCUT2D eigenvalue weighted by atomic mass is 9.93. The first kappa shape index (κ1) is 36.4. The molecule has 9 aromatic carbocycles. The van der Waals surface area contributed by atoms with E-state index in [1.807, 2.05) is 24.3 Å². The number of hydrogen-bond donors (Lipinski definition) is 0. The molecule has 1 aliphatic rings. The van der Waals surface area contributed by atoms with E-state index in [9.17, 15) is 0 Å². The zero-order valence-corrected chi connectivity index (χ0v) is 34.3. The van der Waals surface area contributed by atoms with E-state index in [1.165, 1.54) is 33.2 Å². The molecule has 0 radical (unpaired) electrons. The molecule has 5 nitrogen and oxygen atoms in total. The van der Waals surface area contributed by atoms with Gasteiger partial charge in [0.05, 0.1) is 16.7 Å². The molecule has 296 valence electrons. The van der Waals surface area contributed by atoms with Gasteiger partial charge in [-0.25, -0.2) is 15.0 Å². The van der Waals surface area contributed by atoms with Gasteiger partial charge >= 0.3 is 0 Å². The van der Waals surface area contributed by atoms with Gasteiger partial charge in [-0.3, -0.25) is 0 Å². The fraction of sp³-hybridized carbons (Fsp3) is 0.0172. The standard InChI is InChI=1S/C58H39N5/c1-4-17-39(18-5-1)42-24-16-25-43(35-42)57-59-56(41-21-8-3-9-22-41)60-58(61-57)44-31-33-48(40-19-6-2-7-20-40)55(36-44)63-53-30-15-13-28-50(53)51-37-46(32-34-54(51)63)62-38-45-23-10-11-26-47(45)49-27-12-14-29-52(49)62/h1-37H,38H2. The fourth-order valence-corrected chi connectivity index (χ4v) is 9.27. The van der Waals surface area contributed by atoms with Crippen LogP contribution >= 0.6 is 0 Å². The zero-order valence-electron chi connectivity index (χ0n) is 34.3. The molecule has 5 heteroatoms. The van der Waals surface area contributed by atoms with Gasteiger partial charge in [-0.1, -0.05) is 182 Å². The molecule has 1 aliphatic heterocycles.